The molecule has 0 aromatic carbocycles. The van der Waals surface area contributed by atoms with Gasteiger partial charge in [0.05, 0.1) is 6.54 Å². The highest BCUT2D eigenvalue weighted by molar-refractivity contribution is 9.10. The predicted molar refractivity (Wildman–Crippen MR) is 77.2 cm³/mol. The van der Waals surface area contributed by atoms with Crippen molar-refractivity contribution in [3.8, 4) is 0 Å². The maximum atomic E-state index is 11.5. The first-order chi connectivity index (χ1) is 8.25. The zero-order chi connectivity index (χ0) is 12.1. The van der Waals surface area contributed by atoms with Gasteiger partial charge in [0, 0.05) is 20.3 Å². The summed E-state index contributed by atoms with van der Waals surface area (Å²) >= 11 is 6.66. The lowest BCUT2D eigenvalue weighted by atomic mass is 10.4. The second-order valence-corrected chi connectivity index (χ2v) is 6.09. The normalized spacial score (nSPS) is 10.9. The van der Waals surface area contributed by atoms with Crippen LogP contribution in [0.3, 0.4) is 0 Å². The average molecular weight is 328 g/mol. The van der Waals surface area contributed by atoms with E-state index in [1.54, 1.807) is 28.7 Å². The van der Waals surface area contributed by atoms with E-state index in [0.717, 1.165) is 14.2 Å². The summed E-state index contributed by atoms with van der Waals surface area (Å²) in [5.41, 5.74) is 0. The van der Waals surface area contributed by atoms with Crippen molar-refractivity contribution in [2.24, 2.45) is 0 Å². The van der Waals surface area contributed by atoms with Crippen LogP contribution < -0.4 is 5.32 Å². The van der Waals surface area contributed by atoms with Crippen molar-refractivity contribution in [1.29, 1.82) is 0 Å². The summed E-state index contributed by atoms with van der Waals surface area (Å²) in [7, 11) is 0. The average Bonchev–Trinajstić information content (AvgIpc) is 2.95. The largest absolute Gasteiger partial charge is 0.348 e. The van der Waals surface area contributed by atoms with Crippen molar-refractivity contribution in [3.63, 3.8) is 0 Å². The van der Waals surface area contributed by atoms with Gasteiger partial charge in [0.15, 0.2) is 0 Å². The Morgan fingerprint density at radius 3 is 2.88 bits per heavy atom. The number of carbonyl (C=O) groups is 1. The van der Waals surface area contributed by atoms with Gasteiger partial charge in [0.1, 0.15) is 0 Å². The molecule has 0 radical (unpaired) electrons. The fraction of sp³-hybridized carbons (Fsp3) is 0.0833. The molecule has 5 heteroatoms. The molecule has 0 saturated heterocycles. The molecule has 0 saturated carbocycles. The number of nitrogens with one attached hydrogen (secondary N) is 1. The lowest BCUT2D eigenvalue weighted by Crippen LogP contribution is -2.19. The second kappa shape index (κ2) is 6.14. The monoisotopic (exact) mass is 327 g/mol. The predicted octanol–water partition coefficient (Wildman–Crippen LogP) is 3.90. The van der Waals surface area contributed by atoms with Gasteiger partial charge in [-0.1, -0.05) is 6.07 Å². The van der Waals surface area contributed by atoms with Crippen molar-refractivity contribution in [1.82, 2.24) is 5.32 Å². The molecule has 2 heterocycles. The Kier molecular flexibility index (Phi) is 4.53. The van der Waals surface area contributed by atoms with E-state index in [2.05, 4.69) is 21.2 Å². The van der Waals surface area contributed by atoms with Crippen molar-refractivity contribution in [2.75, 3.05) is 0 Å². The van der Waals surface area contributed by atoms with E-state index in [9.17, 15) is 4.79 Å². The molecule has 2 rings (SSSR count). The van der Waals surface area contributed by atoms with Gasteiger partial charge in [0.2, 0.25) is 5.91 Å². The Morgan fingerprint density at radius 1 is 1.35 bits per heavy atom. The molecular formula is C12H10BrNOS2. The molecule has 0 aliphatic heterocycles. The van der Waals surface area contributed by atoms with Crippen LogP contribution in [-0.2, 0) is 11.3 Å². The minimum atomic E-state index is -0.0706. The molecule has 0 unspecified atom stereocenters. The molecule has 2 aromatic rings. The summed E-state index contributed by atoms with van der Waals surface area (Å²) < 4.78 is 1.05. The first-order valence-electron chi connectivity index (χ1n) is 4.97. The number of thiophene rings is 2. The second-order valence-electron chi connectivity index (χ2n) is 3.26. The van der Waals surface area contributed by atoms with Crippen molar-refractivity contribution >= 4 is 50.6 Å². The van der Waals surface area contributed by atoms with Gasteiger partial charge < -0.3 is 5.32 Å². The third-order valence-corrected chi connectivity index (χ3v) is 4.82. The number of hydrogen-bond acceptors (Lipinski definition) is 3. The van der Waals surface area contributed by atoms with Crippen molar-refractivity contribution < 1.29 is 4.79 Å². The van der Waals surface area contributed by atoms with Gasteiger partial charge in [-0.3, -0.25) is 4.79 Å². The SMILES string of the molecule is O=C(C=Cc1cccs1)NCc1sccc1Br. The number of amides is 1. The summed E-state index contributed by atoms with van der Waals surface area (Å²) in [4.78, 5) is 13.7. The standard InChI is InChI=1S/C12H10BrNOS2/c13-10-5-7-17-11(10)8-14-12(15)4-3-9-2-1-6-16-9/h1-7H,8H2,(H,14,15). The van der Waals surface area contributed by atoms with Gasteiger partial charge in [-0.2, -0.15) is 0 Å². The van der Waals surface area contributed by atoms with Crippen LogP contribution in [-0.4, -0.2) is 5.91 Å². The molecule has 0 spiro atoms. The van der Waals surface area contributed by atoms with Crippen LogP contribution in [0.25, 0.3) is 6.08 Å². The fourth-order valence-corrected chi connectivity index (χ4v) is 3.27. The number of carbonyl (C=O) groups excluding carboxylic acids is 1. The molecule has 88 valence electrons. The minimum Gasteiger partial charge on any atom is -0.348 e. The van der Waals surface area contributed by atoms with E-state index in [4.69, 9.17) is 0 Å². The number of halogens is 1. The Hall–Kier alpha value is -0.910. The van der Waals surface area contributed by atoms with Crippen molar-refractivity contribution in [3.05, 3.63) is 49.3 Å². The van der Waals surface area contributed by atoms with E-state index < -0.39 is 0 Å². The Balaban J connectivity index is 1.84. The smallest absolute Gasteiger partial charge is 0.244 e. The molecule has 17 heavy (non-hydrogen) atoms. The molecule has 0 fully saturated rings. The Labute approximate surface area is 116 Å². The quantitative estimate of drug-likeness (QED) is 0.848. The highest BCUT2D eigenvalue weighted by Gasteiger charge is 2.02. The van der Waals surface area contributed by atoms with E-state index in [1.165, 1.54) is 0 Å². The molecular weight excluding hydrogens is 318 g/mol. The van der Waals surface area contributed by atoms with Crippen LogP contribution in [0, 0.1) is 0 Å². The summed E-state index contributed by atoms with van der Waals surface area (Å²) in [6.07, 6.45) is 3.39. The van der Waals surface area contributed by atoms with Crippen molar-refractivity contribution in [2.45, 2.75) is 6.54 Å². The van der Waals surface area contributed by atoms with Gasteiger partial charge in [-0.25, -0.2) is 0 Å². The van der Waals surface area contributed by atoms with Crippen LogP contribution in [0.2, 0.25) is 0 Å². The maximum Gasteiger partial charge on any atom is 0.244 e. The summed E-state index contributed by atoms with van der Waals surface area (Å²) in [6, 6.07) is 5.92. The summed E-state index contributed by atoms with van der Waals surface area (Å²) in [5.74, 6) is -0.0706. The van der Waals surface area contributed by atoms with Gasteiger partial charge >= 0.3 is 0 Å². The highest BCUT2D eigenvalue weighted by atomic mass is 79.9. The zero-order valence-electron chi connectivity index (χ0n) is 8.85. The fourth-order valence-electron chi connectivity index (χ4n) is 1.22. The van der Waals surface area contributed by atoms with Crippen LogP contribution >= 0.6 is 38.6 Å². The third-order valence-electron chi connectivity index (χ3n) is 2.06. The topological polar surface area (TPSA) is 29.1 Å². The van der Waals surface area contributed by atoms with E-state index >= 15 is 0 Å². The third kappa shape index (κ3) is 3.80. The molecule has 0 aliphatic rings. The van der Waals surface area contributed by atoms with Crippen LogP contribution in [0.15, 0.2) is 39.5 Å². The lowest BCUT2D eigenvalue weighted by molar-refractivity contribution is -0.116. The van der Waals surface area contributed by atoms with Crippen LogP contribution in [0.1, 0.15) is 9.75 Å². The Bertz CT molecular complexity index is 516. The lowest BCUT2D eigenvalue weighted by Gasteiger charge is -1.99. The van der Waals surface area contributed by atoms with E-state index in [-0.39, 0.29) is 5.91 Å². The maximum absolute atomic E-state index is 11.5. The highest BCUT2D eigenvalue weighted by Crippen LogP contribution is 2.22. The summed E-state index contributed by atoms with van der Waals surface area (Å²) in [5, 5.41) is 6.83. The first-order valence-corrected chi connectivity index (χ1v) is 7.52. The number of hydrogen-bond donors (Lipinski definition) is 1. The van der Waals surface area contributed by atoms with Gasteiger partial charge in [-0.15, -0.1) is 22.7 Å². The molecule has 0 bridgehead atoms. The number of rotatable bonds is 4. The first kappa shape index (κ1) is 12.5. The molecule has 0 atom stereocenters. The Morgan fingerprint density at radius 2 is 2.24 bits per heavy atom. The summed E-state index contributed by atoms with van der Waals surface area (Å²) in [6.45, 7) is 0.561. The van der Waals surface area contributed by atoms with Gasteiger partial charge in [-0.05, 0) is 44.9 Å². The molecule has 2 nitrogen and oxygen atoms in total. The molecule has 1 amide bonds. The minimum absolute atomic E-state index is 0.0706. The van der Waals surface area contributed by atoms with Crippen LogP contribution in [0.4, 0.5) is 0 Å². The molecule has 1 N–H and O–H groups in total. The van der Waals surface area contributed by atoms with Crippen LogP contribution in [0.5, 0.6) is 0 Å². The molecule has 2 aromatic heterocycles. The zero-order valence-corrected chi connectivity index (χ0v) is 12.1. The van der Waals surface area contributed by atoms with E-state index in [1.807, 2.05) is 35.0 Å². The van der Waals surface area contributed by atoms with E-state index in [0.29, 0.717) is 6.54 Å². The van der Waals surface area contributed by atoms with Gasteiger partial charge in [0.25, 0.3) is 0 Å². The molecule has 0 aliphatic carbocycles.